The first-order valence-corrected chi connectivity index (χ1v) is 9.60. The van der Waals surface area contributed by atoms with Crippen molar-refractivity contribution < 1.29 is 28.7 Å². The molecule has 4 amide bonds. The second kappa shape index (κ2) is 10.0. The van der Waals surface area contributed by atoms with Crippen LogP contribution in [0.3, 0.4) is 0 Å². The molecule has 0 bridgehead atoms. The molecule has 1 aliphatic rings. The molecule has 0 radical (unpaired) electrons. The lowest BCUT2D eigenvalue weighted by Gasteiger charge is -2.26. The number of nitrogens with one attached hydrogen (secondary N) is 2. The minimum atomic E-state index is -0.835. The molecule has 1 fully saturated rings. The number of urea groups is 1. The molecule has 28 heavy (non-hydrogen) atoms. The van der Waals surface area contributed by atoms with Gasteiger partial charge >= 0.3 is 12.0 Å². The summed E-state index contributed by atoms with van der Waals surface area (Å²) < 4.78 is 9.97. The van der Waals surface area contributed by atoms with E-state index in [4.69, 9.17) is 20.9 Å². The zero-order valence-electron chi connectivity index (χ0n) is 15.5. The third-order valence-electron chi connectivity index (χ3n) is 4.44. The minimum Gasteiger partial charge on any atom is -0.463 e. The van der Waals surface area contributed by atoms with Crippen molar-refractivity contribution >= 4 is 45.2 Å². The zero-order chi connectivity index (χ0) is 20.7. The zero-order valence-corrected chi connectivity index (χ0v) is 16.3. The summed E-state index contributed by atoms with van der Waals surface area (Å²) in [6.45, 7) is 0.572. The monoisotopic (exact) mass is 412 g/mol. The third-order valence-corrected chi connectivity index (χ3v) is 5.41. The number of nitrogens with two attached hydrogens (primary N) is 2. The molecule has 0 saturated heterocycles. The van der Waals surface area contributed by atoms with Gasteiger partial charge in [0.15, 0.2) is 0 Å². The maximum atomic E-state index is 12.5. The molecule has 0 aromatic carbocycles. The van der Waals surface area contributed by atoms with Gasteiger partial charge in [-0.15, -0.1) is 0 Å². The van der Waals surface area contributed by atoms with E-state index in [1.165, 1.54) is 13.2 Å². The highest BCUT2D eigenvalue weighted by molar-refractivity contribution is 7.20. The van der Waals surface area contributed by atoms with E-state index in [-0.39, 0.29) is 40.9 Å². The second-order valence-corrected chi connectivity index (χ2v) is 7.46. The van der Waals surface area contributed by atoms with Crippen molar-refractivity contribution in [2.45, 2.75) is 25.7 Å². The first-order chi connectivity index (χ1) is 13.3. The van der Waals surface area contributed by atoms with Gasteiger partial charge in [-0.25, -0.2) is 4.79 Å². The second-order valence-electron chi connectivity index (χ2n) is 6.41. The Bertz CT molecular complexity index is 742. The van der Waals surface area contributed by atoms with Crippen LogP contribution in [-0.2, 0) is 19.1 Å². The average molecular weight is 412 g/mol. The number of amides is 4. The van der Waals surface area contributed by atoms with Crippen molar-refractivity contribution in [3.63, 3.8) is 0 Å². The van der Waals surface area contributed by atoms with Gasteiger partial charge < -0.3 is 26.3 Å². The molecule has 2 rings (SSSR count). The molecule has 10 nitrogen and oxygen atoms in total. The molecular formula is C17H24N4O6S. The lowest BCUT2D eigenvalue weighted by molar-refractivity contribution is -0.151. The molecule has 0 atom stereocenters. The van der Waals surface area contributed by atoms with E-state index in [9.17, 15) is 19.2 Å². The Kier molecular flexibility index (Phi) is 7.76. The number of carbonyl (C=O) groups excluding carboxylic acids is 4. The molecule has 11 heteroatoms. The molecule has 154 valence electrons. The molecule has 1 heterocycles. The number of anilines is 2. The summed E-state index contributed by atoms with van der Waals surface area (Å²) in [6.07, 6.45) is 2.23. The van der Waals surface area contributed by atoms with Crippen molar-refractivity contribution in [1.29, 1.82) is 0 Å². The predicted molar refractivity (Wildman–Crippen MR) is 103 cm³/mol. The number of rotatable bonds is 8. The van der Waals surface area contributed by atoms with Gasteiger partial charge in [0.2, 0.25) is 5.91 Å². The van der Waals surface area contributed by atoms with Gasteiger partial charge in [-0.1, -0.05) is 11.3 Å². The van der Waals surface area contributed by atoms with Crippen LogP contribution in [0.4, 0.5) is 14.8 Å². The summed E-state index contributed by atoms with van der Waals surface area (Å²) in [5.74, 6) is -1.69. The Morgan fingerprint density at radius 2 is 1.71 bits per heavy atom. The fourth-order valence-electron chi connectivity index (χ4n) is 3.00. The molecule has 1 saturated carbocycles. The number of esters is 1. The summed E-state index contributed by atoms with van der Waals surface area (Å²) in [4.78, 5) is 47.0. The van der Waals surface area contributed by atoms with Crippen LogP contribution >= 0.6 is 11.3 Å². The van der Waals surface area contributed by atoms with E-state index >= 15 is 0 Å². The van der Waals surface area contributed by atoms with Crippen molar-refractivity contribution in [3.05, 3.63) is 11.6 Å². The van der Waals surface area contributed by atoms with E-state index in [1.807, 2.05) is 0 Å². The number of ether oxygens (including phenoxy) is 2. The fraction of sp³-hybridized carbons (Fsp3) is 0.529. The van der Waals surface area contributed by atoms with Crippen LogP contribution in [0.1, 0.15) is 36.0 Å². The Morgan fingerprint density at radius 3 is 2.29 bits per heavy atom. The van der Waals surface area contributed by atoms with Gasteiger partial charge in [0, 0.05) is 13.0 Å². The van der Waals surface area contributed by atoms with Crippen molar-refractivity contribution in [2.24, 2.45) is 23.3 Å². The van der Waals surface area contributed by atoms with Crippen LogP contribution in [0.15, 0.2) is 6.07 Å². The maximum Gasteiger partial charge on any atom is 0.317 e. The van der Waals surface area contributed by atoms with Gasteiger partial charge in [0.1, 0.15) is 11.6 Å². The smallest absolute Gasteiger partial charge is 0.317 e. The van der Waals surface area contributed by atoms with Gasteiger partial charge in [0.05, 0.1) is 23.1 Å². The topological polar surface area (TPSA) is 163 Å². The Labute approximate surface area is 165 Å². The largest absolute Gasteiger partial charge is 0.463 e. The molecule has 0 spiro atoms. The Morgan fingerprint density at radius 1 is 1.07 bits per heavy atom. The van der Waals surface area contributed by atoms with Gasteiger partial charge in [-0.3, -0.25) is 19.7 Å². The van der Waals surface area contributed by atoms with E-state index < -0.39 is 11.9 Å². The number of methoxy groups -OCH3 is 1. The fourth-order valence-corrected chi connectivity index (χ4v) is 3.97. The molecular weight excluding hydrogens is 388 g/mol. The number of hydrogen-bond acceptors (Lipinski definition) is 7. The van der Waals surface area contributed by atoms with Crippen molar-refractivity contribution in [2.75, 3.05) is 31.0 Å². The molecule has 1 aromatic heterocycles. The molecule has 0 unspecified atom stereocenters. The summed E-state index contributed by atoms with van der Waals surface area (Å²) >= 11 is 0.994. The maximum absolute atomic E-state index is 12.5. The van der Waals surface area contributed by atoms with E-state index in [0.717, 1.165) is 11.3 Å². The van der Waals surface area contributed by atoms with Crippen LogP contribution in [-0.4, -0.2) is 44.1 Å². The van der Waals surface area contributed by atoms with E-state index in [0.29, 0.717) is 37.3 Å². The van der Waals surface area contributed by atoms with Crippen molar-refractivity contribution in [3.8, 4) is 0 Å². The number of thiophene rings is 1. The lowest BCUT2D eigenvalue weighted by Crippen LogP contribution is -2.30. The van der Waals surface area contributed by atoms with Crippen LogP contribution in [0.25, 0.3) is 0 Å². The SMILES string of the molecule is COCCOC(=O)C1CCC(C(=O)Nc2cc(C(N)=O)c(NC(N)=O)s2)CC1. The average Bonchev–Trinajstić information content (AvgIpc) is 3.03. The number of carbonyl (C=O) groups is 4. The van der Waals surface area contributed by atoms with Crippen LogP contribution in [0.2, 0.25) is 0 Å². The third kappa shape index (κ3) is 5.92. The first kappa shape index (κ1) is 21.6. The summed E-state index contributed by atoms with van der Waals surface area (Å²) in [6, 6.07) is 0.563. The van der Waals surface area contributed by atoms with E-state index in [1.54, 1.807) is 0 Å². The minimum absolute atomic E-state index is 0.0709. The predicted octanol–water partition coefficient (Wildman–Crippen LogP) is 1.27. The molecule has 1 aromatic rings. The molecule has 6 N–H and O–H groups in total. The highest BCUT2D eigenvalue weighted by atomic mass is 32.1. The Balaban J connectivity index is 1.90. The van der Waals surface area contributed by atoms with E-state index in [2.05, 4.69) is 10.6 Å². The van der Waals surface area contributed by atoms with Crippen molar-refractivity contribution in [1.82, 2.24) is 0 Å². The summed E-state index contributed by atoms with van der Waals surface area (Å²) in [5, 5.41) is 5.60. The first-order valence-electron chi connectivity index (χ1n) is 8.78. The van der Waals surface area contributed by atoms with Gasteiger partial charge in [-0.2, -0.15) is 0 Å². The highest BCUT2D eigenvalue weighted by Gasteiger charge is 2.31. The molecule has 0 aliphatic heterocycles. The number of hydrogen-bond donors (Lipinski definition) is 4. The van der Waals surface area contributed by atoms with Gasteiger partial charge in [-0.05, 0) is 31.7 Å². The molecule has 1 aliphatic carbocycles. The quantitative estimate of drug-likeness (QED) is 0.371. The van der Waals surface area contributed by atoms with Crippen LogP contribution < -0.4 is 22.1 Å². The summed E-state index contributed by atoms with van der Waals surface area (Å²) in [5.41, 5.74) is 10.4. The Hall–Kier alpha value is -2.66. The lowest BCUT2D eigenvalue weighted by atomic mass is 9.81. The number of primary amides is 2. The highest BCUT2D eigenvalue weighted by Crippen LogP contribution is 2.34. The summed E-state index contributed by atoms with van der Waals surface area (Å²) in [7, 11) is 1.53. The van der Waals surface area contributed by atoms with Gasteiger partial charge in [0.25, 0.3) is 5.91 Å². The normalized spacial score (nSPS) is 18.9. The van der Waals surface area contributed by atoms with Crippen LogP contribution in [0.5, 0.6) is 0 Å². The standard InChI is InChI=1S/C17H24N4O6S/c1-26-6-7-27-16(24)10-4-2-9(3-5-10)14(23)20-12-8-11(13(18)22)15(28-12)21-17(19)25/h8-10H,2-7H2,1H3,(H2,18,22)(H,20,23)(H3,19,21,25). The van der Waals surface area contributed by atoms with Crippen LogP contribution in [0, 0.1) is 11.8 Å².